The second-order valence-corrected chi connectivity index (χ2v) is 4.27. The Bertz CT molecular complexity index is 418. The normalized spacial score (nSPS) is 19.6. The quantitative estimate of drug-likeness (QED) is 0.653. The topological polar surface area (TPSA) is 117 Å². The number of aromatic amines is 1. The molecule has 2 heterocycles. The molecular weight excluding hydrogens is 236 g/mol. The molecule has 1 aliphatic rings. The molecule has 1 atom stereocenters. The third-order valence-electron chi connectivity index (χ3n) is 3.00. The van der Waals surface area contributed by atoms with E-state index in [-0.39, 0.29) is 11.8 Å². The molecule has 1 saturated heterocycles. The van der Waals surface area contributed by atoms with Crippen LogP contribution in [-0.2, 0) is 11.3 Å². The van der Waals surface area contributed by atoms with Crippen molar-refractivity contribution in [3.05, 3.63) is 12.2 Å². The lowest BCUT2D eigenvalue weighted by Gasteiger charge is -2.30. The van der Waals surface area contributed by atoms with Gasteiger partial charge in [0.15, 0.2) is 0 Å². The van der Waals surface area contributed by atoms with Crippen LogP contribution in [0.25, 0.3) is 0 Å². The van der Waals surface area contributed by atoms with Gasteiger partial charge in [-0.2, -0.15) is 5.10 Å². The van der Waals surface area contributed by atoms with Gasteiger partial charge in [-0.25, -0.2) is 9.78 Å². The van der Waals surface area contributed by atoms with E-state index in [9.17, 15) is 9.59 Å². The summed E-state index contributed by atoms with van der Waals surface area (Å²) >= 11 is 0. The molecule has 0 bridgehead atoms. The number of nitrogens with one attached hydrogen (secondary N) is 2. The lowest BCUT2D eigenvalue weighted by atomic mass is 9.97. The molecule has 8 nitrogen and oxygen atoms in total. The first kappa shape index (κ1) is 12.3. The van der Waals surface area contributed by atoms with Gasteiger partial charge in [0.25, 0.3) is 0 Å². The summed E-state index contributed by atoms with van der Waals surface area (Å²) in [4.78, 5) is 28.4. The number of carbonyl (C=O) groups excluding carboxylic acids is 2. The van der Waals surface area contributed by atoms with Gasteiger partial charge in [-0.15, -0.1) is 0 Å². The zero-order valence-electron chi connectivity index (χ0n) is 9.93. The highest BCUT2D eigenvalue weighted by Crippen LogP contribution is 2.16. The van der Waals surface area contributed by atoms with Crippen molar-refractivity contribution in [2.24, 2.45) is 11.7 Å². The Morgan fingerprint density at radius 1 is 1.61 bits per heavy atom. The van der Waals surface area contributed by atoms with Crippen LogP contribution in [0.3, 0.4) is 0 Å². The number of aromatic nitrogens is 3. The minimum absolute atomic E-state index is 0.0858. The molecule has 98 valence electrons. The summed E-state index contributed by atoms with van der Waals surface area (Å²) in [6.07, 6.45) is 2.95. The van der Waals surface area contributed by atoms with E-state index >= 15 is 0 Å². The smallest absolute Gasteiger partial charge is 0.314 e. The van der Waals surface area contributed by atoms with Crippen molar-refractivity contribution in [3.8, 4) is 0 Å². The van der Waals surface area contributed by atoms with Gasteiger partial charge >= 0.3 is 6.03 Å². The zero-order chi connectivity index (χ0) is 13.0. The fourth-order valence-electron chi connectivity index (χ4n) is 2.02. The molecule has 1 aromatic heterocycles. The largest absolute Gasteiger partial charge is 0.351 e. The molecule has 18 heavy (non-hydrogen) atoms. The number of urea groups is 1. The highest BCUT2D eigenvalue weighted by molar-refractivity contribution is 5.80. The SMILES string of the molecule is NC(=O)N1CCCC(C(=O)NCc2ncn[nH]2)C1. The van der Waals surface area contributed by atoms with Crippen LogP contribution in [-0.4, -0.2) is 45.1 Å². The Kier molecular flexibility index (Phi) is 3.75. The molecule has 4 N–H and O–H groups in total. The fraction of sp³-hybridized carbons (Fsp3) is 0.600. The van der Waals surface area contributed by atoms with Crippen LogP contribution in [0.15, 0.2) is 6.33 Å². The molecule has 0 radical (unpaired) electrons. The maximum atomic E-state index is 11.9. The Morgan fingerprint density at radius 3 is 3.11 bits per heavy atom. The number of likely N-dealkylation sites (tertiary alicyclic amines) is 1. The molecule has 0 saturated carbocycles. The number of rotatable bonds is 3. The number of nitrogens with two attached hydrogens (primary N) is 1. The summed E-state index contributed by atoms with van der Waals surface area (Å²) in [5.41, 5.74) is 5.21. The second-order valence-electron chi connectivity index (χ2n) is 4.27. The van der Waals surface area contributed by atoms with Crippen molar-refractivity contribution >= 4 is 11.9 Å². The maximum Gasteiger partial charge on any atom is 0.314 e. The van der Waals surface area contributed by atoms with E-state index in [1.54, 1.807) is 0 Å². The van der Waals surface area contributed by atoms with E-state index in [2.05, 4.69) is 20.5 Å². The molecule has 1 aliphatic heterocycles. The zero-order valence-corrected chi connectivity index (χ0v) is 9.93. The third kappa shape index (κ3) is 2.96. The van der Waals surface area contributed by atoms with Gasteiger partial charge in [-0.05, 0) is 12.8 Å². The van der Waals surface area contributed by atoms with Gasteiger partial charge in [0.05, 0.1) is 12.5 Å². The van der Waals surface area contributed by atoms with Crippen molar-refractivity contribution < 1.29 is 9.59 Å². The fourth-order valence-corrected chi connectivity index (χ4v) is 2.02. The van der Waals surface area contributed by atoms with Crippen LogP contribution >= 0.6 is 0 Å². The van der Waals surface area contributed by atoms with Gasteiger partial charge in [-0.3, -0.25) is 9.89 Å². The number of H-pyrrole nitrogens is 1. The van der Waals surface area contributed by atoms with Gasteiger partial charge < -0.3 is 16.0 Å². The Labute approximate surface area is 104 Å². The van der Waals surface area contributed by atoms with Crippen LogP contribution < -0.4 is 11.1 Å². The molecule has 0 aliphatic carbocycles. The number of hydrogen-bond donors (Lipinski definition) is 3. The Balaban J connectivity index is 1.83. The molecule has 8 heteroatoms. The van der Waals surface area contributed by atoms with Crippen LogP contribution in [0, 0.1) is 5.92 Å². The van der Waals surface area contributed by atoms with E-state index in [0.29, 0.717) is 25.5 Å². The molecule has 0 spiro atoms. The van der Waals surface area contributed by atoms with E-state index in [0.717, 1.165) is 12.8 Å². The van der Waals surface area contributed by atoms with Crippen molar-refractivity contribution in [2.45, 2.75) is 19.4 Å². The molecule has 0 aromatic carbocycles. The average Bonchev–Trinajstić information content (AvgIpc) is 2.89. The van der Waals surface area contributed by atoms with E-state index in [4.69, 9.17) is 5.73 Å². The molecular formula is C10H16N6O2. The number of piperidine rings is 1. The summed E-state index contributed by atoms with van der Waals surface area (Å²) in [5, 5.41) is 9.12. The van der Waals surface area contributed by atoms with Crippen molar-refractivity contribution in [3.63, 3.8) is 0 Å². The monoisotopic (exact) mass is 252 g/mol. The highest BCUT2D eigenvalue weighted by Gasteiger charge is 2.27. The first-order chi connectivity index (χ1) is 8.66. The van der Waals surface area contributed by atoms with Gasteiger partial charge in [0, 0.05) is 13.1 Å². The molecule has 1 unspecified atom stereocenters. The van der Waals surface area contributed by atoms with Crippen LogP contribution in [0.4, 0.5) is 4.79 Å². The van der Waals surface area contributed by atoms with Crippen molar-refractivity contribution in [1.82, 2.24) is 25.4 Å². The Hall–Kier alpha value is -2.12. The standard InChI is InChI=1S/C10H16N6O2/c11-10(18)16-3-1-2-7(5-16)9(17)12-4-8-13-6-14-15-8/h6-7H,1-5H2,(H2,11,18)(H,12,17)(H,13,14,15). The van der Waals surface area contributed by atoms with E-state index < -0.39 is 6.03 Å². The summed E-state index contributed by atoms with van der Waals surface area (Å²) in [6, 6.07) is -0.470. The summed E-state index contributed by atoms with van der Waals surface area (Å²) in [7, 11) is 0. The predicted molar refractivity (Wildman–Crippen MR) is 62.1 cm³/mol. The number of amides is 3. The van der Waals surface area contributed by atoms with E-state index in [1.165, 1.54) is 11.2 Å². The molecule has 1 aromatic rings. The minimum Gasteiger partial charge on any atom is -0.351 e. The van der Waals surface area contributed by atoms with Crippen molar-refractivity contribution in [1.29, 1.82) is 0 Å². The van der Waals surface area contributed by atoms with Gasteiger partial charge in [-0.1, -0.05) is 0 Å². The second kappa shape index (κ2) is 5.48. The number of hydrogen-bond acceptors (Lipinski definition) is 4. The van der Waals surface area contributed by atoms with E-state index in [1.807, 2.05) is 0 Å². The molecule has 1 fully saturated rings. The first-order valence-corrected chi connectivity index (χ1v) is 5.83. The average molecular weight is 252 g/mol. The lowest BCUT2D eigenvalue weighted by molar-refractivity contribution is -0.126. The first-order valence-electron chi connectivity index (χ1n) is 5.83. The van der Waals surface area contributed by atoms with Crippen LogP contribution in [0.5, 0.6) is 0 Å². The third-order valence-corrected chi connectivity index (χ3v) is 3.00. The number of carbonyl (C=O) groups is 2. The molecule has 3 amide bonds. The van der Waals surface area contributed by atoms with Gasteiger partial charge in [0.2, 0.25) is 5.91 Å². The summed E-state index contributed by atoms with van der Waals surface area (Å²) in [6.45, 7) is 1.32. The lowest BCUT2D eigenvalue weighted by Crippen LogP contribution is -2.47. The summed E-state index contributed by atoms with van der Waals surface area (Å²) in [5.74, 6) is 0.317. The highest BCUT2D eigenvalue weighted by atomic mass is 16.2. The van der Waals surface area contributed by atoms with Crippen LogP contribution in [0.1, 0.15) is 18.7 Å². The maximum absolute atomic E-state index is 11.9. The Morgan fingerprint density at radius 2 is 2.44 bits per heavy atom. The predicted octanol–water partition coefficient (Wildman–Crippen LogP) is -0.788. The minimum atomic E-state index is -0.470. The number of nitrogens with zero attached hydrogens (tertiary/aromatic N) is 3. The molecule has 2 rings (SSSR count). The summed E-state index contributed by atoms with van der Waals surface area (Å²) < 4.78 is 0. The van der Waals surface area contributed by atoms with Gasteiger partial charge in [0.1, 0.15) is 12.2 Å². The van der Waals surface area contributed by atoms with Crippen molar-refractivity contribution in [2.75, 3.05) is 13.1 Å². The van der Waals surface area contributed by atoms with Crippen LogP contribution in [0.2, 0.25) is 0 Å². The number of primary amides is 1.